The van der Waals surface area contributed by atoms with Crippen LogP contribution in [0.5, 0.6) is 0 Å². The van der Waals surface area contributed by atoms with Gasteiger partial charge in [-0.25, -0.2) is 4.98 Å². The van der Waals surface area contributed by atoms with E-state index >= 15 is 0 Å². The third kappa shape index (κ3) is 3.58. The van der Waals surface area contributed by atoms with Crippen molar-refractivity contribution < 1.29 is 0 Å². The van der Waals surface area contributed by atoms with E-state index in [1.807, 2.05) is 11.3 Å². The lowest BCUT2D eigenvalue weighted by atomic mass is 9.84. The molecule has 1 aromatic rings. The van der Waals surface area contributed by atoms with Gasteiger partial charge in [-0.2, -0.15) is 0 Å². The van der Waals surface area contributed by atoms with Crippen LogP contribution in [0, 0.1) is 5.92 Å². The van der Waals surface area contributed by atoms with Crippen molar-refractivity contribution in [3.8, 4) is 0 Å². The van der Waals surface area contributed by atoms with E-state index in [0.717, 1.165) is 25.0 Å². The Morgan fingerprint density at radius 1 is 1.38 bits per heavy atom. The van der Waals surface area contributed by atoms with Crippen molar-refractivity contribution in [3.63, 3.8) is 0 Å². The molecule has 2 atom stereocenters. The van der Waals surface area contributed by atoms with Crippen molar-refractivity contribution in [3.05, 3.63) is 11.1 Å². The third-order valence-corrected chi connectivity index (χ3v) is 5.94. The molecule has 0 aromatic carbocycles. The number of hydrogen-bond donors (Lipinski definition) is 1. The molecule has 0 aliphatic carbocycles. The highest BCUT2D eigenvalue weighted by Gasteiger charge is 2.34. The number of rotatable bonds is 5. The van der Waals surface area contributed by atoms with Gasteiger partial charge in [0.25, 0.3) is 0 Å². The normalized spacial score (nSPS) is 26.9. The first-order chi connectivity index (χ1) is 10.3. The molecular formula is C16H28N4S. The van der Waals surface area contributed by atoms with E-state index in [1.54, 1.807) is 0 Å². The second kappa shape index (κ2) is 7.07. The Hall–Kier alpha value is -0.650. The minimum absolute atomic E-state index is 0.806. The van der Waals surface area contributed by atoms with Gasteiger partial charge < -0.3 is 15.1 Å². The van der Waals surface area contributed by atoms with Gasteiger partial charge >= 0.3 is 0 Å². The number of aromatic nitrogens is 1. The molecule has 0 saturated carbocycles. The fourth-order valence-corrected chi connectivity index (χ4v) is 4.65. The van der Waals surface area contributed by atoms with Gasteiger partial charge in [0.1, 0.15) is 0 Å². The van der Waals surface area contributed by atoms with E-state index in [2.05, 4.69) is 40.3 Å². The van der Waals surface area contributed by atoms with Crippen molar-refractivity contribution in [2.45, 2.75) is 45.2 Å². The minimum atomic E-state index is 0.806. The van der Waals surface area contributed by atoms with Crippen LogP contribution in [0.4, 0.5) is 5.13 Å². The van der Waals surface area contributed by atoms with E-state index in [4.69, 9.17) is 0 Å². The summed E-state index contributed by atoms with van der Waals surface area (Å²) in [5, 5.41) is 4.70. The summed E-state index contributed by atoms with van der Waals surface area (Å²) in [5.74, 6) is 0.836. The van der Waals surface area contributed by atoms with Crippen LogP contribution in [0.15, 0.2) is 6.20 Å². The average Bonchev–Trinajstić information content (AvgIpc) is 2.96. The Balaban J connectivity index is 1.58. The molecule has 3 heterocycles. The monoisotopic (exact) mass is 308 g/mol. The fraction of sp³-hybridized carbons (Fsp3) is 0.812. The number of anilines is 1. The van der Waals surface area contributed by atoms with E-state index in [-0.39, 0.29) is 0 Å². The van der Waals surface area contributed by atoms with Gasteiger partial charge in [-0.15, -0.1) is 11.3 Å². The number of thiazole rings is 1. The number of likely N-dealkylation sites (tertiary alicyclic amines) is 1. The van der Waals surface area contributed by atoms with Crippen LogP contribution >= 0.6 is 11.3 Å². The first kappa shape index (κ1) is 15.3. The molecule has 1 aromatic heterocycles. The van der Waals surface area contributed by atoms with Gasteiger partial charge in [0.05, 0.1) is 0 Å². The summed E-state index contributed by atoms with van der Waals surface area (Å²) in [5.41, 5.74) is 0. The van der Waals surface area contributed by atoms with Crippen molar-refractivity contribution in [1.82, 2.24) is 15.2 Å². The van der Waals surface area contributed by atoms with Crippen LogP contribution in [0.25, 0.3) is 0 Å². The SMILES string of the molecule is CCCNCc1cnc(N2CCC3C(CCCN3C)C2)s1. The predicted molar refractivity (Wildman–Crippen MR) is 90.1 cm³/mol. The summed E-state index contributed by atoms with van der Waals surface area (Å²) >= 11 is 1.87. The van der Waals surface area contributed by atoms with Crippen molar-refractivity contribution >= 4 is 16.5 Å². The molecule has 2 aliphatic rings. The zero-order valence-electron chi connectivity index (χ0n) is 13.3. The van der Waals surface area contributed by atoms with Gasteiger partial charge in [-0.05, 0) is 51.7 Å². The molecule has 2 aliphatic heterocycles. The van der Waals surface area contributed by atoms with Gasteiger partial charge in [0.15, 0.2) is 5.13 Å². The maximum Gasteiger partial charge on any atom is 0.185 e. The highest BCUT2D eigenvalue weighted by atomic mass is 32.1. The maximum atomic E-state index is 4.67. The maximum absolute atomic E-state index is 4.67. The fourth-order valence-electron chi connectivity index (χ4n) is 3.74. The van der Waals surface area contributed by atoms with Crippen LogP contribution in [-0.2, 0) is 6.54 Å². The number of nitrogens with zero attached hydrogens (tertiary/aromatic N) is 3. The molecular weight excluding hydrogens is 280 g/mol. The average molecular weight is 308 g/mol. The van der Waals surface area contributed by atoms with Gasteiger partial charge in [-0.3, -0.25) is 0 Å². The Morgan fingerprint density at radius 3 is 3.14 bits per heavy atom. The summed E-state index contributed by atoms with van der Waals surface area (Å²) in [7, 11) is 2.30. The molecule has 4 nitrogen and oxygen atoms in total. The first-order valence-corrected chi connectivity index (χ1v) is 9.20. The predicted octanol–water partition coefficient (Wildman–Crippen LogP) is 2.56. The van der Waals surface area contributed by atoms with E-state index in [1.165, 1.54) is 55.3 Å². The molecule has 2 unspecified atom stereocenters. The summed E-state index contributed by atoms with van der Waals surface area (Å²) < 4.78 is 0. The smallest absolute Gasteiger partial charge is 0.185 e. The number of piperidine rings is 2. The Bertz CT molecular complexity index is 447. The lowest BCUT2D eigenvalue weighted by Crippen LogP contribution is -2.52. The highest BCUT2D eigenvalue weighted by Crippen LogP contribution is 2.33. The molecule has 2 fully saturated rings. The molecule has 0 radical (unpaired) electrons. The van der Waals surface area contributed by atoms with Crippen molar-refractivity contribution in [2.75, 3.05) is 38.1 Å². The van der Waals surface area contributed by atoms with Gasteiger partial charge in [-0.1, -0.05) is 6.92 Å². The zero-order chi connectivity index (χ0) is 14.7. The Kier molecular flexibility index (Phi) is 5.14. The Morgan fingerprint density at radius 2 is 2.29 bits per heavy atom. The number of fused-ring (bicyclic) bond motifs is 1. The quantitative estimate of drug-likeness (QED) is 0.847. The summed E-state index contributed by atoms with van der Waals surface area (Å²) in [6.45, 7) is 7.91. The molecule has 21 heavy (non-hydrogen) atoms. The lowest BCUT2D eigenvalue weighted by molar-refractivity contribution is 0.102. The molecule has 0 bridgehead atoms. The summed E-state index contributed by atoms with van der Waals surface area (Å²) in [4.78, 5) is 11.1. The molecule has 0 spiro atoms. The molecule has 2 saturated heterocycles. The van der Waals surface area contributed by atoms with Crippen LogP contribution in [0.1, 0.15) is 37.5 Å². The lowest BCUT2D eigenvalue weighted by Gasteiger charge is -2.45. The van der Waals surface area contributed by atoms with Crippen LogP contribution in [0.2, 0.25) is 0 Å². The molecule has 118 valence electrons. The van der Waals surface area contributed by atoms with Crippen molar-refractivity contribution in [2.24, 2.45) is 5.92 Å². The first-order valence-electron chi connectivity index (χ1n) is 8.38. The van der Waals surface area contributed by atoms with Crippen LogP contribution in [0.3, 0.4) is 0 Å². The summed E-state index contributed by atoms with van der Waals surface area (Å²) in [6, 6.07) is 0.806. The number of nitrogens with one attached hydrogen (secondary N) is 1. The second-order valence-corrected chi connectivity index (χ2v) is 7.56. The van der Waals surface area contributed by atoms with Gasteiger partial charge in [0, 0.05) is 36.8 Å². The van der Waals surface area contributed by atoms with E-state index in [0.29, 0.717) is 0 Å². The van der Waals surface area contributed by atoms with Crippen LogP contribution < -0.4 is 10.2 Å². The third-order valence-electron chi connectivity index (χ3n) is 4.88. The van der Waals surface area contributed by atoms with E-state index in [9.17, 15) is 0 Å². The van der Waals surface area contributed by atoms with Crippen LogP contribution in [-0.4, -0.2) is 49.2 Å². The van der Waals surface area contributed by atoms with E-state index < -0.39 is 0 Å². The second-order valence-electron chi connectivity index (χ2n) is 6.47. The minimum Gasteiger partial charge on any atom is -0.348 e. The standard InChI is InChI=1S/C16H28N4S/c1-3-7-17-10-14-11-18-16(21-14)20-9-6-15-13(12-20)5-4-8-19(15)2/h11,13,15,17H,3-10,12H2,1-2H3. The highest BCUT2D eigenvalue weighted by molar-refractivity contribution is 7.15. The van der Waals surface area contributed by atoms with Crippen molar-refractivity contribution in [1.29, 1.82) is 0 Å². The topological polar surface area (TPSA) is 31.4 Å². The van der Waals surface area contributed by atoms with Gasteiger partial charge in [0.2, 0.25) is 0 Å². The molecule has 5 heteroatoms. The summed E-state index contributed by atoms with van der Waals surface area (Å²) in [6.07, 6.45) is 7.29. The molecule has 1 N–H and O–H groups in total. The number of hydrogen-bond acceptors (Lipinski definition) is 5. The largest absolute Gasteiger partial charge is 0.348 e. The molecule has 0 amide bonds. The zero-order valence-corrected chi connectivity index (χ0v) is 14.2. The molecule has 3 rings (SSSR count). The Labute approximate surface area is 132 Å².